The molecule has 1 aromatic rings. The summed E-state index contributed by atoms with van der Waals surface area (Å²) in [6.07, 6.45) is 1.05. The number of nitrogens with one attached hydrogen (secondary N) is 1. The van der Waals surface area contributed by atoms with Crippen molar-refractivity contribution in [1.29, 1.82) is 0 Å². The molecule has 6 nitrogen and oxygen atoms in total. The molecule has 1 amide bonds. The SMILES string of the molecule is CC1OCCC1(C)Nc1ccc(C(=O)N(C)C)nn1. The van der Waals surface area contributed by atoms with Crippen molar-refractivity contribution in [2.75, 3.05) is 26.0 Å². The van der Waals surface area contributed by atoms with Crippen LogP contribution >= 0.6 is 0 Å². The number of hydrogen-bond acceptors (Lipinski definition) is 5. The summed E-state index contributed by atoms with van der Waals surface area (Å²) in [5.41, 5.74) is 0.207. The zero-order chi connectivity index (χ0) is 14.0. The van der Waals surface area contributed by atoms with Crippen LogP contribution in [0.4, 0.5) is 5.82 Å². The van der Waals surface area contributed by atoms with Crippen LogP contribution in [0.25, 0.3) is 0 Å². The maximum atomic E-state index is 11.7. The number of anilines is 1. The van der Waals surface area contributed by atoms with Gasteiger partial charge in [-0.1, -0.05) is 0 Å². The number of rotatable bonds is 3. The summed E-state index contributed by atoms with van der Waals surface area (Å²) in [6.45, 7) is 4.89. The van der Waals surface area contributed by atoms with Crippen molar-refractivity contribution in [3.63, 3.8) is 0 Å². The number of carbonyl (C=O) groups excluding carboxylic acids is 1. The molecule has 2 rings (SSSR count). The first kappa shape index (κ1) is 13.7. The van der Waals surface area contributed by atoms with Crippen LogP contribution in [0.1, 0.15) is 30.8 Å². The molecular weight excluding hydrogens is 244 g/mol. The number of nitrogens with zero attached hydrogens (tertiary/aromatic N) is 3. The summed E-state index contributed by atoms with van der Waals surface area (Å²) in [4.78, 5) is 13.2. The molecule has 0 aromatic carbocycles. The predicted molar refractivity (Wildman–Crippen MR) is 72.1 cm³/mol. The van der Waals surface area contributed by atoms with Crippen LogP contribution in [-0.4, -0.2) is 53.3 Å². The van der Waals surface area contributed by atoms with Gasteiger partial charge in [0.1, 0.15) is 5.82 Å². The summed E-state index contributed by atoms with van der Waals surface area (Å²) in [7, 11) is 3.38. The molecule has 1 fully saturated rings. The maximum absolute atomic E-state index is 11.7. The molecule has 0 bridgehead atoms. The molecule has 0 spiro atoms. The zero-order valence-electron chi connectivity index (χ0n) is 11.8. The minimum absolute atomic E-state index is 0.123. The van der Waals surface area contributed by atoms with E-state index in [2.05, 4.69) is 22.4 Å². The Labute approximate surface area is 113 Å². The molecule has 1 saturated heterocycles. The highest BCUT2D eigenvalue weighted by Crippen LogP contribution is 2.28. The molecular formula is C13H20N4O2. The average Bonchev–Trinajstić information content (AvgIpc) is 2.69. The second-order valence-electron chi connectivity index (χ2n) is 5.31. The topological polar surface area (TPSA) is 67.3 Å². The number of hydrogen-bond donors (Lipinski definition) is 1. The van der Waals surface area contributed by atoms with Gasteiger partial charge in [-0.3, -0.25) is 4.79 Å². The molecule has 19 heavy (non-hydrogen) atoms. The Balaban J connectivity index is 2.09. The van der Waals surface area contributed by atoms with E-state index in [1.165, 1.54) is 4.90 Å². The smallest absolute Gasteiger partial charge is 0.273 e. The van der Waals surface area contributed by atoms with E-state index in [0.717, 1.165) is 13.0 Å². The van der Waals surface area contributed by atoms with E-state index < -0.39 is 0 Å². The Kier molecular flexibility index (Phi) is 3.71. The molecule has 0 radical (unpaired) electrons. The van der Waals surface area contributed by atoms with Gasteiger partial charge in [0.15, 0.2) is 5.69 Å². The predicted octanol–water partition coefficient (Wildman–Crippen LogP) is 1.16. The second-order valence-corrected chi connectivity index (χ2v) is 5.31. The van der Waals surface area contributed by atoms with Gasteiger partial charge in [-0.25, -0.2) is 0 Å². The first-order valence-corrected chi connectivity index (χ1v) is 6.37. The largest absolute Gasteiger partial charge is 0.376 e. The van der Waals surface area contributed by atoms with E-state index in [-0.39, 0.29) is 17.6 Å². The lowest BCUT2D eigenvalue weighted by molar-refractivity contribution is 0.0820. The number of amides is 1. The van der Waals surface area contributed by atoms with Crippen molar-refractivity contribution in [1.82, 2.24) is 15.1 Å². The molecule has 1 aliphatic rings. The molecule has 1 aromatic heterocycles. The van der Waals surface area contributed by atoms with Crippen LogP contribution in [0.15, 0.2) is 12.1 Å². The van der Waals surface area contributed by atoms with Gasteiger partial charge in [-0.05, 0) is 32.4 Å². The second kappa shape index (κ2) is 5.13. The fourth-order valence-electron chi connectivity index (χ4n) is 2.03. The average molecular weight is 264 g/mol. The van der Waals surface area contributed by atoms with Gasteiger partial charge in [0.25, 0.3) is 5.91 Å². The highest BCUT2D eigenvalue weighted by Gasteiger charge is 2.37. The van der Waals surface area contributed by atoms with E-state index in [1.807, 2.05) is 6.92 Å². The van der Waals surface area contributed by atoms with Crippen LogP contribution in [0, 0.1) is 0 Å². The molecule has 6 heteroatoms. The Morgan fingerprint density at radius 1 is 1.47 bits per heavy atom. The lowest BCUT2D eigenvalue weighted by atomic mass is 9.95. The van der Waals surface area contributed by atoms with Crippen molar-refractivity contribution in [2.24, 2.45) is 0 Å². The molecule has 0 saturated carbocycles. The minimum Gasteiger partial charge on any atom is -0.376 e. The fourth-order valence-corrected chi connectivity index (χ4v) is 2.03. The highest BCUT2D eigenvalue weighted by molar-refractivity contribution is 5.91. The molecule has 2 unspecified atom stereocenters. The normalized spacial score (nSPS) is 26.2. The third-order valence-electron chi connectivity index (χ3n) is 3.59. The van der Waals surface area contributed by atoms with Crippen molar-refractivity contribution in [3.05, 3.63) is 17.8 Å². The van der Waals surface area contributed by atoms with Gasteiger partial charge in [0.05, 0.1) is 11.6 Å². The molecule has 1 N–H and O–H groups in total. The van der Waals surface area contributed by atoms with Crippen molar-refractivity contribution in [3.8, 4) is 0 Å². The minimum atomic E-state index is -0.150. The molecule has 0 aliphatic carbocycles. The third kappa shape index (κ3) is 2.84. The monoisotopic (exact) mass is 264 g/mol. The summed E-state index contributed by atoms with van der Waals surface area (Å²) >= 11 is 0. The first-order chi connectivity index (χ1) is 8.92. The molecule has 2 heterocycles. The standard InChI is InChI=1S/C13H20N4O2/c1-9-13(2,7-8-19-9)14-11-6-5-10(15-16-11)12(18)17(3)4/h5-6,9H,7-8H2,1-4H3,(H,14,16). The van der Waals surface area contributed by atoms with E-state index >= 15 is 0 Å². The summed E-state index contributed by atoms with van der Waals surface area (Å²) in [5, 5.41) is 11.4. The molecule has 2 atom stereocenters. The van der Waals surface area contributed by atoms with Crippen LogP contribution in [0.3, 0.4) is 0 Å². The van der Waals surface area contributed by atoms with Gasteiger partial charge in [0.2, 0.25) is 0 Å². The molecule has 104 valence electrons. The number of carbonyl (C=O) groups is 1. The Hall–Kier alpha value is -1.69. The maximum Gasteiger partial charge on any atom is 0.273 e. The van der Waals surface area contributed by atoms with Crippen LogP contribution in [0.2, 0.25) is 0 Å². The quantitative estimate of drug-likeness (QED) is 0.887. The van der Waals surface area contributed by atoms with Crippen molar-refractivity contribution in [2.45, 2.75) is 31.9 Å². The zero-order valence-corrected chi connectivity index (χ0v) is 11.8. The number of ether oxygens (including phenoxy) is 1. The van der Waals surface area contributed by atoms with Gasteiger partial charge >= 0.3 is 0 Å². The van der Waals surface area contributed by atoms with Gasteiger partial charge in [0, 0.05) is 20.7 Å². The van der Waals surface area contributed by atoms with Crippen LogP contribution in [-0.2, 0) is 4.74 Å². The van der Waals surface area contributed by atoms with Crippen LogP contribution < -0.4 is 5.32 Å². The summed E-state index contributed by atoms with van der Waals surface area (Å²) in [6, 6.07) is 3.46. The van der Waals surface area contributed by atoms with Gasteiger partial charge in [-0.2, -0.15) is 0 Å². The van der Waals surface area contributed by atoms with Gasteiger partial charge < -0.3 is 15.0 Å². The lowest BCUT2D eigenvalue weighted by Gasteiger charge is -2.29. The number of aromatic nitrogens is 2. The lowest BCUT2D eigenvalue weighted by Crippen LogP contribution is -2.41. The van der Waals surface area contributed by atoms with E-state index in [4.69, 9.17) is 4.74 Å². The van der Waals surface area contributed by atoms with Crippen molar-refractivity contribution < 1.29 is 9.53 Å². The Morgan fingerprint density at radius 3 is 2.68 bits per heavy atom. The van der Waals surface area contributed by atoms with Crippen LogP contribution in [0.5, 0.6) is 0 Å². The summed E-state index contributed by atoms with van der Waals surface area (Å²) in [5.74, 6) is 0.512. The van der Waals surface area contributed by atoms with Crippen molar-refractivity contribution >= 4 is 11.7 Å². The molecule has 1 aliphatic heterocycles. The third-order valence-corrected chi connectivity index (χ3v) is 3.59. The summed E-state index contributed by atoms with van der Waals surface area (Å²) < 4.78 is 5.56. The van der Waals surface area contributed by atoms with Gasteiger partial charge in [-0.15, -0.1) is 10.2 Å². The Bertz CT molecular complexity index is 460. The Morgan fingerprint density at radius 2 is 2.21 bits per heavy atom. The van der Waals surface area contributed by atoms with E-state index in [0.29, 0.717) is 11.5 Å². The van der Waals surface area contributed by atoms with E-state index in [1.54, 1.807) is 26.2 Å². The first-order valence-electron chi connectivity index (χ1n) is 6.37. The highest BCUT2D eigenvalue weighted by atomic mass is 16.5. The van der Waals surface area contributed by atoms with E-state index in [9.17, 15) is 4.79 Å². The fraction of sp³-hybridized carbons (Fsp3) is 0.615.